The predicted molar refractivity (Wildman–Crippen MR) is 33.0 cm³/mol. The minimum atomic E-state index is 1.51. The summed E-state index contributed by atoms with van der Waals surface area (Å²) in [5, 5.41) is 16.8. The van der Waals surface area contributed by atoms with E-state index >= 15 is 0 Å². The highest BCUT2D eigenvalue weighted by molar-refractivity contribution is 4.82. The molecule has 0 aromatic carbocycles. The van der Waals surface area contributed by atoms with Gasteiger partial charge >= 0.3 is 0 Å². The van der Waals surface area contributed by atoms with Crippen molar-refractivity contribution in [3.05, 3.63) is 30.6 Å². The average Bonchev–Trinajstić information content (AvgIpc) is 2.01. The summed E-state index contributed by atoms with van der Waals surface area (Å²) >= 11 is 0. The monoisotopic (exact) mass is 135 g/mol. The molecule has 1 rings (SSSR count). The lowest BCUT2D eigenvalue weighted by Crippen LogP contribution is -1.83. The molecule has 0 aliphatic heterocycles. The Labute approximate surface area is 57.4 Å². The van der Waals surface area contributed by atoms with Gasteiger partial charge < -0.3 is 0 Å². The first-order valence-electron chi connectivity index (χ1n) is 2.65. The minimum Gasteiger partial charge on any atom is -0.137 e. The zero-order chi connectivity index (χ0) is 7.07. The van der Waals surface area contributed by atoms with Crippen LogP contribution in [0.15, 0.2) is 30.6 Å². The van der Waals surface area contributed by atoms with Gasteiger partial charge in [0.15, 0.2) is 0 Å². The molecule has 0 spiro atoms. The van der Waals surface area contributed by atoms with E-state index in [1.54, 1.807) is 18.2 Å². The van der Waals surface area contributed by atoms with Gasteiger partial charge in [-0.15, -0.1) is 10.2 Å². The molecule has 0 aliphatic rings. The molecule has 0 bridgehead atoms. The van der Waals surface area contributed by atoms with Crippen molar-refractivity contribution in [3.8, 4) is 0 Å². The van der Waals surface area contributed by atoms with Gasteiger partial charge in [0.05, 0.1) is 12.4 Å². The van der Waals surface area contributed by atoms with Crippen LogP contribution in [-0.2, 0) is 0 Å². The van der Waals surface area contributed by atoms with Gasteiger partial charge in [0.1, 0.15) is 0 Å². The van der Waals surface area contributed by atoms with Crippen LogP contribution < -0.4 is 0 Å². The van der Waals surface area contributed by atoms with E-state index in [0.29, 0.717) is 0 Å². The zero-order valence-electron chi connectivity index (χ0n) is 5.12. The minimum absolute atomic E-state index is 1.51. The van der Waals surface area contributed by atoms with E-state index in [1.165, 1.54) is 12.4 Å². The quantitative estimate of drug-likeness (QED) is 0.492. The Morgan fingerprint density at radius 2 is 1.20 bits per heavy atom. The van der Waals surface area contributed by atoms with Gasteiger partial charge in [-0.05, 0) is 27.8 Å². The second-order valence-electron chi connectivity index (χ2n) is 1.37. The van der Waals surface area contributed by atoms with E-state index in [1.807, 2.05) is 0 Å². The predicted octanol–water partition coefficient (Wildman–Crippen LogP) is -0.214. The van der Waals surface area contributed by atoms with Crippen molar-refractivity contribution in [2.24, 2.45) is 0 Å². The second-order valence-corrected chi connectivity index (χ2v) is 1.37. The Hall–Kier alpha value is -1.65. The number of rotatable bonds is 0. The maximum Gasteiger partial charge on any atom is 0.0514 e. The number of hydrogen-bond acceptors (Lipinski definition) is 5. The Balaban J connectivity index is 3.00. The summed E-state index contributed by atoms with van der Waals surface area (Å²) in [5.74, 6) is 0. The summed E-state index contributed by atoms with van der Waals surface area (Å²) in [6, 6.07) is 5.20. The molecule has 0 atom stereocenters. The molecule has 1 aromatic rings. The molecule has 0 saturated heterocycles. The molecule has 0 N–H and O–H groups in total. The molecule has 0 saturated carbocycles. The molecule has 10 heavy (non-hydrogen) atoms. The maximum atomic E-state index is 3.49. The zero-order valence-corrected chi connectivity index (χ0v) is 5.12. The summed E-state index contributed by atoms with van der Waals surface area (Å²) in [6.07, 6.45) is 3.02. The second kappa shape index (κ2) is 4.25. The van der Waals surface area contributed by atoms with Gasteiger partial charge in [-0.1, -0.05) is 6.07 Å². The Morgan fingerprint density at radius 3 is 1.80 bits per heavy atom. The fraction of sp³-hybridized carbons (Fsp3) is 0. The highest BCUT2D eigenvalue weighted by atomic mass is 15.5. The van der Waals surface area contributed by atoms with E-state index in [2.05, 4.69) is 25.8 Å². The molecule has 5 nitrogen and oxygen atoms in total. The Morgan fingerprint density at radius 1 is 0.600 bits per heavy atom. The van der Waals surface area contributed by atoms with E-state index in [9.17, 15) is 0 Å². The third-order valence-electron chi connectivity index (χ3n) is 0.711. The third kappa shape index (κ3) is 2.61. The Bertz CT molecular complexity index is 149. The lowest BCUT2D eigenvalue weighted by Gasteiger charge is -1.67. The van der Waals surface area contributed by atoms with E-state index in [4.69, 9.17) is 0 Å². The molecule has 50 valence electrons. The SMILES string of the molecule is c1ccnnnnncc1. The molecule has 0 unspecified atom stereocenters. The van der Waals surface area contributed by atoms with Crippen molar-refractivity contribution in [3.63, 3.8) is 0 Å². The molecule has 5 heteroatoms. The van der Waals surface area contributed by atoms with Crippen molar-refractivity contribution in [1.29, 1.82) is 0 Å². The maximum absolute atomic E-state index is 3.49. The first-order valence-corrected chi connectivity index (χ1v) is 2.65. The van der Waals surface area contributed by atoms with E-state index in [-0.39, 0.29) is 0 Å². The topological polar surface area (TPSA) is 64.5 Å². The van der Waals surface area contributed by atoms with Gasteiger partial charge in [-0.3, -0.25) is 0 Å². The van der Waals surface area contributed by atoms with Crippen molar-refractivity contribution >= 4 is 0 Å². The van der Waals surface area contributed by atoms with Crippen LogP contribution in [-0.4, -0.2) is 25.8 Å². The lowest BCUT2D eigenvalue weighted by atomic mass is 10.6. The van der Waals surface area contributed by atoms with Crippen molar-refractivity contribution in [2.45, 2.75) is 0 Å². The Kier molecular flexibility index (Phi) is 2.75. The average molecular weight is 135 g/mol. The van der Waals surface area contributed by atoms with Crippen molar-refractivity contribution < 1.29 is 0 Å². The van der Waals surface area contributed by atoms with E-state index in [0.717, 1.165) is 0 Å². The van der Waals surface area contributed by atoms with E-state index < -0.39 is 0 Å². The van der Waals surface area contributed by atoms with Crippen LogP contribution in [0.3, 0.4) is 0 Å². The summed E-state index contributed by atoms with van der Waals surface area (Å²) < 4.78 is 0. The first-order chi connectivity index (χ1) is 5.00. The number of hydrogen-bond donors (Lipinski definition) is 0. The van der Waals surface area contributed by atoms with Crippen LogP contribution in [0.5, 0.6) is 0 Å². The smallest absolute Gasteiger partial charge is 0.0514 e. The highest BCUT2D eigenvalue weighted by Gasteiger charge is 1.61. The first kappa shape index (κ1) is 6.47. The fourth-order valence-electron chi connectivity index (χ4n) is 0.364. The number of nitrogens with zero attached hydrogens (tertiary/aromatic N) is 5. The summed E-state index contributed by atoms with van der Waals surface area (Å²) in [7, 11) is 0. The molecule has 1 heterocycles. The van der Waals surface area contributed by atoms with Crippen LogP contribution in [0.25, 0.3) is 0 Å². The van der Waals surface area contributed by atoms with Gasteiger partial charge in [-0.25, -0.2) is 0 Å². The summed E-state index contributed by atoms with van der Waals surface area (Å²) in [4.78, 5) is 0. The van der Waals surface area contributed by atoms with Gasteiger partial charge in [-0.2, -0.15) is 0 Å². The van der Waals surface area contributed by atoms with Crippen LogP contribution in [0, 0.1) is 0 Å². The normalized spacial score (nSPS) is 8.00. The summed E-state index contributed by atoms with van der Waals surface area (Å²) in [6.45, 7) is 0. The van der Waals surface area contributed by atoms with Crippen LogP contribution in [0.4, 0.5) is 0 Å². The van der Waals surface area contributed by atoms with Crippen LogP contribution in [0.2, 0.25) is 0 Å². The van der Waals surface area contributed by atoms with Gasteiger partial charge in [0, 0.05) is 0 Å². The molecular weight excluding hydrogens is 130 g/mol. The van der Waals surface area contributed by atoms with Crippen molar-refractivity contribution in [1.82, 2.24) is 25.8 Å². The highest BCUT2D eigenvalue weighted by Crippen LogP contribution is 1.67. The van der Waals surface area contributed by atoms with Crippen molar-refractivity contribution in [2.75, 3.05) is 0 Å². The van der Waals surface area contributed by atoms with Gasteiger partial charge in [0.25, 0.3) is 0 Å². The number of aromatic nitrogens is 5. The van der Waals surface area contributed by atoms with Crippen LogP contribution in [0.1, 0.15) is 0 Å². The molecule has 0 amide bonds. The molecule has 0 fully saturated rings. The summed E-state index contributed by atoms with van der Waals surface area (Å²) in [5.41, 5.74) is 0. The fourth-order valence-corrected chi connectivity index (χ4v) is 0.364. The molecule has 0 radical (unpaired) electrons. The van der Waals surface area contributed by atoms with Crippen LogP contribution >= 0.6 is 0 Å². The lowest BCUT2D eigenvalue weighted by molar-refractivity contribution is 0.732. The molecule has 1 aromatic heterocycles. The van der Waals surface area contributed by atoms with Gasteiger partial charge in [0.2, 0.25) is 0 Å². The third-order valence-corrected chi connectivity index (χ3v) is 0.711. The molecular formula is C5H5N5. The molecule has 0 aliphatic carbocycles. The standard InChI is InChI=1S/C5H5N5/c1-2-4-6-8-10-9-7-5-3-1/h1-5H. The largest absolute Gasteiger partial charge is 0.137 e.